The second-order valence-corrected chi connectivity index (χ2v) is 5.62. The maximum atomic E-state index is 5.87. The predicted octanol–water partition coefficient (Wildman–Crippen LogP) is 4.88. The average Bonchev–Trinajstić information content (AvgIpc) is 2.36. The molecule has 3 heteroatoms. The van der Waals surface area contributed by atoms with Gasteiger partial charge in [-0.25, -0.2) is 0 Å². The van der Waals surface area contributed by atoms with E-state index < -0.39 is 0 Å². The van der Waals surface area contributed by atoms with Crippen LogP contribution in [-0.4, -0.2) is 0 Å². The van der Waals surface area contributed by atoms with Crippen molar-refractivity contribution in [2.75, 3.05) is 0 Å². The van der Waals surface area contributed by atoms with Crippen LogP contribution >= 0.6 is 15.9 Å². The zero-order chi connectivity index (χ0) is 14.0. The van der Waals surface area contributed by atoms with Crippen LogP contribution in [0.25, 0.3) is 0 Å². The Morgan fingerprint density at radius 2 is 1.53 bits per heavy atom. The molecule has 1 atom stereocenters. The molecule has 0 bridgehead atoms. The van der Waals surface area contributed by atoms with Gasteiger partial charge in [-0.3, -0.25) is 0 Å². The molecule has 2 aromatic carbocycles. The quantitative estimate of drug-likeness (QED) is 0.875. The largest absolute Gasteiger partial charge is 0.457 e. The van der Waals surface area contributed by atoms with Crippen LogP contribution in [0.3, 0.4) is 0 Å². The zero-order valence-corrected chi connectivity index (χ0v) is 13.0. The maximum absolute atomic E-state index is 5.87. The van der Waals surface area contributed by atoms with Crippen LogP contribution in [0.2, 0.25) is 0 Å². The Balaban J connectivity index is 2.21. The summed E-state index contributed by atoms with van der Waals surface area (Å²) in [5.41, 5.74) is 9.27. The van der Waals surface area contributed by atoms with Crippen molar-refractivity contribution in [3.63, 3.8) is 0 Å². The second-order valence-electron chi connectivity index (χ2n) is 4.83. The maximum Gasteiger partial charge on any atom is 0.128 e. The highest BCUT2D eigenvalue weighted by molar-refractivity contribution is 9.10. The van der Waals surface area contributed by atoms with Gasteiger partial charge in [-0.15, -0.1) is 0 Å². The number of hydrogen-bond acceptors (Lipinski definition) is 2. The van der Waals surface area contributed by atoms with Gasteiger partial charge >= 0.3 is 0 Å². The number of ether oxygens (including phenoxy) is 1. The number of aryl methyl sites for hydroxylation is 2. The fourth-order valence-corrected chi connectivity index (χ4v) is 2.17. The van der Waals surface area contributed by atoms with E-state index in [9.17, 15) is 0 Å². The van der Waals surface area contributed by atoms with Crippen molar-refractivity contribution in [3.05, 3.63) is 57.6 Å². The summed E-state index contributed by atoms with van der Waals surface area (Å²) >= 11 is 3.55. The van der Waals surface area contributed by atoms with Crippen molar-refractivity contribution < 1.29 is 4.74 Å². The molecular formula is C16H18BrNO. The predicted molar refractivity (Wildman–Crippen MR) is 82.7 cm³/mol. The topological polar surface area (TPSA) is 35.2 Å². The molecule has 0 aromatic heterocycles. The molecule has 0 saturated heterocycles. The molecule has 2 N–H and O–H groups in total. The summed E-state index contributed by atoms with van der Waals surface area (Å²) in [6.07, 6.45) is 0. The fraction of sp³-hybridized carbons (Fsp3) is 0.250. The van der Waals surface area contributed by atoms with Gasteiger partial charge in [-0.1, -0.05) is 28.1 Å². The summed E-state index contributed by atoms with van der Waals surface area (Å²) in [5, 5.41) is 0. The van der Waals surface area contributed by atoms with E-state index >= 15 is 0 Å². The van der Waals surface area contributed by atoms with Gasteiger partial charge in [0, 0.05) is 10.5 Å². The lowest BCUT2D eigenvalue weighted by molar-refractivity contribution is 0.481. The number of halogens is 1. The smallest absolute Gasteiger partial charge is 0.128 e. The molecule has 0 unspecified atom stereocenters. The van der Waals surface area contributed by atoms with Gasteiger partial charge in [0.05, 0.1) is 0 Å². The van der Waals surface area contributed by atoms with Crippen LogP contribution in [0, 0.1) is 13.8 Å². The summed E-state index contributed by atoms with van der Waals surface area (Å²) in [7, 11) is 0. The van der Waals surface area contributed by atoms with Gasteiger partial charge < -0.3 is 10.5 Å². The minimum absolute atomic E-state index is 0.0474. The summed E-state index contributed by atoms with van der Waals surface area (Å²) < 4.78 is 7.00. The van der Waals surface area contributed by atoms with Crippen molar-refractivity contribution in [2.45, 2.75) is 26.8 Å². The zero-order valence-electron chi connectivity index (χ0n) is 11.4. The molecular weight excluding hydrogens is 302 g/mol. The van der Waals surface area contributed by atoms with E-state index in [1.807, 2.05) is 43.3 Å². The van der Waals surface area contributed by atoms with Crippen LogP contribution < -0.4 is 10.5 Å². The first-order valence-corrected chi connectivity index (χ1v) is 7.07. The minimum atomic E-state index is 0.0474. The molecule has 0 aliphatic rings. The Bertz CT molecular complexity index is 553. The third-order valence-corrected chi connectivity index (χ3v) is 4.30. The monoisotopic (exact) mass is 319 g/mol. The van der Waals surface area contributed by atoms with Gasteiger partial charge in [0.25, 0.3) is 0 Å². The SMILES string of the molecule is Cc1cc(Oc2ccc([C@H](C)N)cc2)cc(C)c1Br. The van der Waals surface area contributed by atoms with Crippen LogP contribution in [0.4, 0.5) is 0 Å². The molecule has 0 radical (unpaired) electrons. The van der Waals surface area contributed by atoms with Gasteiger partial charge in [0.15, 0.2) is 0 Å². The van der Waals surface area contributed by atoms with Gasteiger partial charge in [-0.2, -0.15) is 0 Å². The first-order chi connectivity index (χ1) is 8.97. The Hall–Kier alpha value is -1.32. The van der Waals surface area contributed by atoms with E-state index in [0.29, 0.717) is 0 Å². The molecule has 100 valence electrons. The lowest BCUT2D eigenvalue weighted by atomic mass is 10.1. The van der Waals surface area contributed by atoms with E-state index in [4.69, 9.17) is 10.5 Å². The lowest BCUT2D eigenvalue weighted by Gasteiger charge is -2.11. The summed E-state index contributed by atoms with van der Waals surface area (Å²) in [4.78, 5) is 0. The molecule has 19 heavy (non-hydrogen) atoms. The fourth-order valence-electron chi connectivity index (χ4n) is 1.94. The molecule has 0 aliphatic carbocycles. The Labute approximate surface area is 122 Å². The van der Waals surface area contributed by atoms with Crippen molar-refractivity contribution in [3.8, 4) is 11.5 Å². The second kappa shape index (κ2) is 5.76. The molecule has 2 aromatic rings. The van der Waals surface area contributed by atoms with E-state index in [-0.39, 0.29) is 6.04 Å². The summed E-state index contributed by atoms with van der Waals surface area (Å²) in [6, 6.07) is 12.0. The van der Waals surface area contributed by atoms with Crippen molar-refractivity contribution >= 4 is 15.9 Å². The molecule has 0 fully saturated rings. The van der Waals surface area contributed by atoms with E-state index in [1.165, 1.54) is 11.1 Å². The van der Waals surface area contributed by atoms with Gasteiger partial charge in [0.1, 0.15) is 11.5 Å². The normalized spacial score (nSPS) is 12.3. The van der Waals surface area contributed by atoms with E-state index in [2.05, 4.69) is 29.8 Å². The number of rotatable bonds is 3. The van der Waals surface area contributed by atoms with E-state index in [0.717, 1.165) is 21.5 Å². The summed E-state index contributed by atoms with van der Waals surface area (Å²) in [6.45, 7) is 6.09. The first kappa shape index (κ1) is 14.1. The number of benzene rings is 2. The highest BCUT2D eigenvalue weighted by atomic mass is 79.9. The standard InChI is InChI=1S/C16H18BrNO/c1-10-8-15(9-11(2)16(10)17)19-14-6-4-13(5-7-14)12(3)18/h4-9,12H,18H2,1-3H3/t12-/m0/s1. The van der Waals surface area contributed by atoms with Crippen LogP contribution in [0.15, 0.2) is 40.9 Å². The Morgan fingerprint density at radius 3 is 2.00 bits per heavy atom. The average molecular weight is 320 g/mol. The lowest BCUT2D eigenvalue weighted by Crippen LogP contribution is -2.04. The van der Waals surface area contributed by atoms with Crippen LogP contribution in [0.1, 0.15) is 29.7 Å². The van der Waals surface area contributed by atoms with Crippen LogP contribution in [0.5, 0.6) is 11.5 Å². The first-order valence-electron chi connectivity index (χ1n) is 6.27. The molecule has 0 heterocycles. The number of nitrogens with two attached hydrogens (primary N) is 1. The Morgan fingerprint density at radius 1 is 1.00 bits per heavy atom. The number of hydrogen-bond donors (Lipinski definition) is 1. The molecule has 0 aliphatic heterocycles. The third kappa shape index (κ3) is 3.37. The van der Waals surface area contributed by atoms with Gasteiger partial charge in [0.2, 0.25) is 0 Å². The van der Waals surface area contributed by atoms with Crippen molar-refractivity contribution in [1.82, 2.24) is 0 Å². The van der Waals surface area contributed by atoms with Crippen molar-refractivity contribution in [1.29, 1.82) is 0 Å². The molecule has 0 amide bonds. The van der Waals surface area contributed by atoms with Gasteiger partial charge in [-0.05, 0) is 61.7 Å². The Kier molecular flexibility index (Phi) is 4.27. The minimum Gasteiger partial charge on any atom is -0.457 e. The van der Waals surface area contributed by atoms with E-state index in [1.54, 1.807) is 0 Å². The highest BCUT2D eigenvalue weighted by Crippen LogP contribution is 2.29. The van der Waals surface area contributed by atoms with Crippen LogP contribution in [-0.2, 0) is 0 Å². The molecule has 0 saturated carbocycles. The highest BCUT2D eigenvalue weighted by Gasteiger charge is 2.05. The van der Waals surface area contributed by atoms with Crippen molar-refractivity contribution in [2.24, 2.45) is 5.73 Å². The molecule has 2 rings (SSSR count). The third-order valence-electron chi connectivity index (χ3n) is 3.05. The molecule has 2 nitrogen and oxygen atoms in total. The summed E-state index contributed by atoms with van der Waals surface area (Å²) in [5.74, 6) is 1.68. The molecule has 0 spiro atoms.